The Labute approximate surface area is 252 Å². The second-order valence-corrected chi connectivity index (χ2v) is 12.1. The van der Waals surface area contributed by atoms with Gasteiger partial charge in [-0.25, -0.2) is 18.7 Å². The maximum Gasteiger partial charge on any atom is 0.291 e. The summed E-state index contributed by atoms with van der Waals surface area (Å²) in [5, 5.41) is 2.84. The second kappa shape index (κ2) is 12.0. The second-order valence-electron chi connectivity index (χ2n) is 11.3. The average Bonchev–Trinajstić information content (AvgIpc) is 3.34. The molecule has 1 atom stereocenters. The smallest absolute Gasteiger partial charge is 0.291 e. The van der Waals surface area contributed by atoms with Crippen molar-refractivity contribution in [2.75, 3.05) is 36.4 Å². The number of benzene rings is 1. The van der Waals surface area contributed by atoms with Crippen LogP contribution >= 0.6 is 15.9 Å². The molecule has 8 nitrogen and oxygen atoms in total. The molecule has 3 aliphatic rings. The van der Waals surface area contributed by atoms with Crippen LogP contribution in [0.4, 0.5) is 20.3 Å². The topological polar surface area (TPSA) is 95.5 Å². The normalized spacial score (nSPS) is 20.3. The molecule has 1 N–H and O–H groups in total. The summed E-state index contributed by atoms with van der Waals surface area (Å²) >= 11 is 3.57. The van der Waals surface area contributed by atoms with Gasteiger partial charge >= 0.3 is 0 Å². The van der Waals surface area contributed by atoms with E-state index in [-0.39, 0.29) is 30.5 Å². The summed E-state index contributed by atoms with van der Waals surface area (Å²) in [6, 6.07) is 3.41. The number of hydrogen-bond acceptors (Lipinski definition) is 6. The summed E-state index contributed by atoms with van der Waals surface area (Å²) < 4.78 is 29.0. The number of halogens is 3. The maximum atomic E-state index is 14.2. The van der Waals surface area contributed by atoms with E-state index in [0.29, 0.717) is 45.6 Å². The molecule has 222 valence electrons. The fraction of sp³-hybridized carbons (Fsp3) is 0.452. The van der Waals surface area contributed by atoms with Gasteiger partial charge < -0.3 is 15.1 Å². The number of hydrogen-bond donors (Lipinski definition) is 1. The number of amides is 2. The number of fused-ring (bicyclic) bond motifs is 1. The first-order chi connectivity index (χ1) is 20.0. The minimum Gasteiger partial charge on any atom is -0.371 e. The highest BCUT2D eigenvalue weighted by Gasteiger charge is 2.44. The molecule has 5 rings (SSSR count). The monoisotopic (exact) mass is 641 g/mol. The van der Waals surface area contributed by atoms with Crippen LogP contribution in [0.1, 0.15) is 74.7 Å². The highest BCUT2D eigenvalue weighted by molar-refractivity contribution is 9.10. The summed E-state index contributed by atoms with van der Waals surface area (Å²) in [4.78, 5) is 51.9. The fourth-order valence-corrected chi connectivity index (χ4v) is 6.84. The van der Waals surface area contributed by atoms with Crippen LogP contribution in [-0.4, -0.2) is 64.6 Å². The summed E-state index contributed by atoms with van der Waals surface area (Å²) in [6.07, 6.45) is 6.29. The molecule has 0 bridgehead atoms. The third-order valence-electron chi connectivity index (χ3n) is 8.46. The van der Waals surface area contributed by atoms with Gasteiger partial charge in [-0.2, -0.15) is 0 Å². The first-order valence-electron chi connectivity index (χ1n) is 14.2. The number of carbonyl (C=O) groups is 3. The number of aryl methyl sites for hydroxylation is 1. The van der Waals surface area contributed by atoms with Gasteiger partial charge in [-0.15, -0.1) is 13.2 Å². The molecule has 42 heavy (non-hydrogen) atoms. The quantitative estimate of drug-likeness (QED) is 0.372. The molecule has 0 radical (unpaired) electrons. The Morgan fingerprint density at radius 1 is 1.17 bits per heavy atom. The number of carbonyl (C=O) groups excluding carboxylic acids is 3. The van der Waals surface area contributed by atoms with Crippen molar-refractivity contribution in [3.05, 3.63) is 70.1 Å². The third kappa shape index (κ3) is 5.88. The van der Waals surface area contributed by atoms with Gasteiger partial charge in [-0.05, 0) is 66.1 Å². The van der Waals surface area contributed by atoms with Crippen LogP contribution in [0, 0.1) is 18.8 Å². The zero-order valence-electron chi connectivity index (χ0n) is 23.6. The Kier molecular flexibility index (Phi) is 8.59. The molecule has 1 aromatic carbocycles. The van der Waals surface area contributed by atoms with Gasteiger partial charge in [0.25, 0.3) is 17.7 Å². The molecule has 2 saturated heterocycles. The minimum absolute atomic E-state index is 0.0159. The predicted molar refractivity (Wildman–Crippen MR) is 160 cm³/mol. The van der Waals surface area contributed by atoms with Crippen molar-refractivity contribution in [1.29, 1.82) is 0 Å². The maximum absolute atomic E-state index is 14.2. The Hall–Kier alpha value is -3.47. The first-order valence-corrected chi connectivity index (χ1v) is 15.0. The number of piperidine rings is 2. The molecule has 2 aliphatic heterocycles. The summed E-state index contributed by atoms with van der Waals surface area (Å²) in [5.74, 6) is -4.65. The molecule has 2 amide bonds. The highest BCUT2D eigenvalue weighted by atomic mass is 79.9. The largest absolute Gasteiger partial charge is 0.371 e. The van der Waals surface area contributed by atoms with E-state index in [1.165, 1.54) is 11.0 Å². The van der Waals surface area contributed by atoms with Gasteiger partial charge in [0.1, 0.15) is 5.82 Å². The average molecular weight is 643 g/mol. The molecular weight excluding hydrogens is 608 g/mol. The van der Waals surface area contributed by atoms with Gasteiger partial charge in [0.2, 0.25) is 5.82 Å². The molecule has 3 heterocycles. The molecule has 2 aromatic rings. The Bertz CT molecular complexity index is 1450. The SMILES string of the molecule is C=CCC1CCN(c2cc(Br)c3c(c2C(=O)Nc2cc(C)nc(C(=O)N4CCC(F)(F)C(C=C)C4)n2)CCC3=O)CC1. The lowest BCUT2D eigenvalue weighted by atomic mass is 9.92. The fourth-order valence-electron chi connectivity index (χ4n) is 6.16. The van der Waals surface area contributed by atoms with Gasteiger partial charge in [0, 0.05) is 60.8 Å². The molecule has 1 aliphatic carbocycles. The molecular formula is C31H34BrF2N5O3. The number of rotatable bonds is 7. The first kappa shape index (κ1) is 30.0. The summed E-state index contributed by atoms with van der Waals surface area (Å²) in [7, 11) is 0. The van der Waals surface area contributed by atoms with Crippen LogP contribution in [0.3, 0.4) is 0 Å². The van der Waals surface area contributed by atoms with Crippen LogP contribution in [0.25, 0.3) is 0 Å². The van der Waals surface area contributed by atoms with Gasteiger partial charge in [0.05, 0.1) is 17.2 Å². The molecule has 11 heteroatoms. The van der Waals surface area contributed by atoms with Crippen molar-refractivity contribution in [1.82, 2.24) is 14.9 Å². The standard InChI is InChI=1S/C31H34BrF2N5O3/c1-4-6-19-9-12-38(13-10-19)23-16-22(32)26-21(7-8-24(26)40)27(23)29(41)37-25-15-18(3)35-28(36-25)30(42)39-14-11-31(33,34)20(5-2)17-39/h4-5,15-16,19-20H,1-2,6-14,17H2,3H3,(H,35,36,37,41). The lowest BCUT2D eigenvalue weighted by Gasteiger charge is -2.36. The van der Waals surface area contributed by atoms with Crippen LogP contribution < -0.4 is 10.2 Å². The summed E-state index contributed by atoms with van der Waals surface area (Å²) in [5.41, 5.74) is 2.84. The van der Waals surface area contributed by atoms with Gasteiger partial charge in [0.15, 0.2) is 5.78 Å². The Morgan fingerprint density at radius 3 is 2.60 bits per heavy atom. The van der Waals surface area contributed by atoms with Crippen LogP contribution in [0.15, 0.2) is 41.9 Å². The number of allylic oxidation sites excluding steroid dienone is 1. The number of alkyl halides is 2. The van der Waals surface area contributed by atoms with Crippen LogP contribution in [-0.2, 0) is 6.42 Å². The van der Waals surface area contributed by atoms with Crippen LogP contribution in [0.2, 0.25) is 0 Å². The Balaban J connectivity index is 1.43. The molecule has 0 saturated carbocycles. The lowest BCUT2D eigenvalue weighted by Crippen LogP contribution is -2.49. The van der Waals surface area contributed by atoms with Crippen molar-refractivity contribution in [2.45, 2.75) is 51.4 Å². The van der Waals surface area contributed by atoms with E-state index in [4.69, 9.17) is 0 Å². The van der Waals surface area contributed by atoms with E-state index in [1.807, 2.05) is 12.1 Å². The zero-order valence-corrected chi connectivity index (χ0v) is 25.2. The van der Waals surface area contributed by atoms with E-state index >= 15 is 0 Å². The number of nitrogens with one attached hydrogen (secondary N) is 1. The predicted octanol–water partition coefficient (Wildman–Crippen LogP) is 6.00. The number of aromatic nitrogens is 2. The molecule has 1 aromatic heterocycles. The van der Waals surface area contributed by atoms with Crippen molar-refractivity contribution in [2.24, 2.45) is 11.8 Å². The zero-order chi connectivity index (χ0) is 30.2. The molecule has 1 unspecified atom stereocenters. The molecule has 0 spiro atoms. The van der Waals surface area contributed by atoms with Crippen molar-refractivity contribution >= 4 is 45.0 Å². The van der Waals surface area contributed by atoms with E-state index in [1.54, 1.807) is 13.0 Å². The van der Waals surface area contributed by atoms with Crippen molar-refractivity contribution in [3.8, 4) is 0 Å². The van der Waals surface area contributed by atoms with E-state index < -0.39 is 30.1 Å². The number of likely N-dealkylation sites (tertiary alicyclic amines) is 1. The highest BCUT2D eigenvalue weighted by Crippen LogP contribution is 2.40. The van der Waals surface area contributed by atoms with Crippen molar-refractivity contribution in [3.63, 3.8) is 0 Å². The minimum atomic E-state index is -2.93. The van der Waals surface area contributed by atoms with E-state index in [9.17, 15) is 23.2 Å². The van der Waals surface area contributed by atoms with Gasteiger partial charge in [-0.1, -0.05) is 12.2 Å². The Morgan fingerprint density at radius 2 is 1.90 bits per heavy atom. The molecule has 2 fully saturated rings. The van der Waals surface area contributed by atoms with Crippen molar-refractivity contribution < 1.29 is 23.2 Å². The lowest BCUT2D eigenvalue weighted by molar-refractivity contribution is -0.0817. The number of nitrogens with zero attached hydrogens (tertiary/aromatic N) is 4. The van der Waals surface area contributed by atoms with E-state index in [0.717, 1.165) is 38.0 Å². The van der Waals surface area contributed by atoms with E-state index in [2.05, 4.69) is 49.3 Å². The number of anilines is 2. The summed E-state index contributed by atoms with van der Waals surface area (Å²) in [6.45, 7) is 10.2. The van der Waals surface area contributed by atoms with Crippen LogP contribution in [0.5, 0.6) is 0 Å². The third-order valence-corrected chi connectivity index (χ3v) is 9.08. The number of ketones is 1. The van der Waals surface area contributed by atoms with Gasteiger partial charge in [-0.3, -0.25) is 14.4 Å². The number of Topliss-reactive ketones (excluding diaryl/α,β-unsaturated/α-hetero) is 1.